The highest BCUT2D eigenvalue weighted by atomic mass is 35.5. The van der Waals surface area contributed by atoms with E-state index in [9.17, 15) is 4.79 Å². The summed E-state index contributed by atoms with van der Waals surface area (Å²) in [7, 11) is 0. The Hall–Kier alpha value is -3.49. The molecule has 0 spiro atoms. The zero-order valence-corrected chi connectivity index (χ0v) is 23.8. The van der Waals surface area contributed by atoms with Crippen LogP contribution in [0.5, 0.6) is 5.75 Å². The Bertz CT molecular complexity index is 1270. The third-order valence-electron chi connectivity index (χ3n) is 6.33. The van der Waals surface area contributed by atoms with Gasteiger partial charge in [-0.15, -0.1) is 13.2 Å². The highest BCUT2D eigenvalue weighted by Gasteiger charge is 2.24. The first kappa shape index (κ1) is 28.5. The maximum Gasteiger partial charge on any atom is 0.253 e. The predicted octanol–water partition coefficient (Wildman–Crippen LogP) is 5.96. The molecule has 1 fully saturated rings. The van der Waals surface area contributed by atoms with Crippen molar-refractivity contribution < 1.29 is 9.53 Å². The third-order valence-corrected chi connectivity index (χ3v) is 7.44. The van der Waals surface area contributed by atoms with Crippen molar-refractivity contribution in [1.82, 2.24) is 14.9 Å². The number of amides is 1. The van der Waals surface area contributed by atoms with Crippen molar-refractivity contribution in [2.45, 2.75) is 17.8 Å². The van der Waals surface area contributed by atoms with Gasteiger partial charge in [0, 0.05) is 56.7 Å². The molecule has 1 amide bonds. The Labute approximate surface area is 240 Å². The normalized spacial score (nSPS) is 13.2. The highest BCUT2D eigenvalue weighted by Crippen LogP contribution is 2.29. The summed E-state index contributed by atoms with van der Waals surface area (Å²) in [6.45, 7) is 14.4. The van der Waals surface area contributed by atoms with Crippen molar-refractivity contribution in [3.8, 4) is 5.75 Å². The van der Waals surface area contributed by atoms with Crippen LogP contribution in [-0.2, 0) is 5.75 Å². The van der Waals surface area contributed by atoms with Crippen molar-refractivity contribution >= 4 is 40.8 Å². The number of piperazine rings is 1. The molecule has 9 heteroatoms. The van der Waals surface area contributed by atoms with Gasteiger partial charge in [-0.25, -0.2) is 9.97 Å². The molecule has 0 aliphatic carbocycles. The van der Waals surface area contributed by atoms with E-state index in [4.69, 9.17) is 16.3 Å². The summed E-state index contributed by atoms with van der Waals surface area (Å²) < 4.78 is 5.79. The maximum absolute atomic E-state index is 13.2. The number of hydrogen-bond donors (Lipinski definition) is 0. The number of para-hydroxylation sites is 2. The number of aromatic nitrogens is 2. The van der Waals surface area contributed by atoms with Gasteiger partial charge in [-0.3, -0.25) is 4.79 Å². The Morgan fingerprint density at radius 1 is 1.05 bits per heavy atom. The van der Waals surface area contributed by atoms with Crippen LogP contribution in [0.3, 0.4) is 0 Å². The second kappa shape index (κ2) is 14.1. The first-order valence-electron chi connectivity index (χ1n) is 13.0. The summed E-state index contributed by atoms with van der Waals surface area (Å²) in [5, 5.41) is 0.989. The number of anilines is 2. The minimum Gasteiger partial charge on any atom is -0.492 e. The molecule has 2 aromatic carbocycles. The molecular weight excluding hydrogens is 530 g/mol. The van der Waals surface area contributed by atoms with Crippen LogP contribution in [0.4, 0.5) is 11.5 Å². The van der Waals surface area contributed by atoms with Crippen LogP contribution < -0.4 is 14.5 Å². The van der Waals surface area contributed by atoms with Crippen LogP contribution in [0.2, 0.25) is 5.15 Å². The molecule has 39 heavy (non-hydrogen) atoms. The molecular formula is C30H34ClN5O2S. The number of ether oxygens (including phenoxy) is 1. The van der Waals surface area contributed by atoms with Gasteiger partial charge in [0.05, 0.1) is 12.3 Å². The summed E-state index contributed by atoms with van der Waals surface area (Å²) in [5.41, 5.74) is 2.85. The van der Waals surface area contributed by atoms with Crippen LogP contribution in [0.15, 0.2) is 85.1 Å². The fraction of sp³-hybridized carbons (Fsp3) is 0.300. The smallest absolute Gasteiger partial charge is 0.253 e. The average molecular weight is 564 g/mol. The first-order valence-corrected chi connectivity index (χ1v) is 14.4. The molecule has 0 bridgehead atoms. The average Bonchev–Trinajstić information content (AvgIpc) is 2.96. The lowest BCUT2D eigenvalue weighted by molar-refractivity contribution is 0.0746. The lowest BCUT2D eigenvalue weighted by Crippen LogP contribution is -2.48. The number of halogens is 1. The SMILES string of the molecule is C=CCN(CC=C)c1cc(Cl)nc(SCc2ccc(C(=O)N3CCN(c4ccccc4OCC)CC3)cc2)n1. The van der Waals surface area contributed by atoms with E-state index in [1.165, 1.54) is 11.8 Å². The van der Waals surface area contributed by atoms with Gasteiger partial charge in [0.15, 0.2) is 5.16 Å². The molecule has 7 nitrogen and oxygen atoms in total. The monoisotopic (exact) mass is 563 g/mol. The fourth-order valence-electron chi connectivity index (χ4n) is 4.41. The van der Waals surface area contributed by atoms with Crippen molar-refractivity contribution in [3.05, 3.63) is 96.2 Å². The molecule has 0 saturated carbocycles. The third kappa shape index (κ3) is 7.55. The van der Waals surface area contributed by atoms with Gasteiger partial charge in [0.2, 0.25) is 0 Å². The molecule has 1 aromatic heterocycles. The number of benzene rings is 2. The molecule has 4 rings (SSSR count). The van der Waals surface area contributed by atoms with E-state index < -0.39 is 0 Å². The van der Waals surface area contributed by atoms with Gasteiger partial charge in [0.1, 0.15) is 16.7 Å². The fourth-order valence-corrected chi connectivity index (χ4v) is 5.44. The molecule has 0 N–H and O–H groups in total. The van der Waals surface area contributed by atoms with E-state index in [1.54, 1.807) is 6.07 Å². The standard InChI is InChI=1S/C30H34ClN5O2S/c1-4-15-35(16-5-2)28-21-27(31)32-30(33-28)39-22-23-11-13-24(14-12-23)29(37)36-19-17-34(18-20-36)25-9-7-8-10-26(25)38-6-3/h4-5,7-14,21H,1-2,6,15-20,22H2,3H3. The molecule has 1 aliphatic rings. The molecule has 2 heterocycles. The van der Waals surface area contributed by atoms with E-state index in [2.05, 4.69) is 34.1 Å². The number of hydrogen-bond acceptors (Lipinski definition) is 7. The lowest BCUT2D eigenvalue weighted by Gasteiger charge is -2.36. The van der Waals surface area contributed by atoms with Crippen molar-refractivity contribution in [1.29, 1.82) is 0 Å². The van der Waals surface area contributed by atoms with Crippen LogP contribution >= 0.6 is 23.4 Å². The van der Waals surface area contributed by atoms with E-state index in [1.807, 2.05) is 71.3 Å². The number of carbonyl (C=O) groups is 1. The first-order chi connectivity index (χ1) is 19.0. The summed E-state index contributed by atoms with van der Waals surface area (Å²) in [6.07, 6.45) is 3.63. The number of thioether (sulfide) groups is 1. The van der Waals surface area contributed by atoms with Gasteiger partial charge < -0.3 is 19.4 Å². The van der Waals surface area contributed by atoms with Gasteiger partial charge in [-0.05, 0) is 36.8 Å². The van der Waals surface area contributed by atoms with E-state index in [0.29, 0.717) is 54.4 Å². The topological polar surface area (TPSA) is 61.8 Å². The predicted molar refractivity (Wildman–Crippen MR) is 161 cm³/mol. The molecule has 3 aromatic rings. The second-order valence-corrected chi connectivity index (χ2v) is 10.3. The number of carbonyl (C=O) groups excluding carboxylic acids is 1. The van der Waals surface area contributed by atoms with Crippen molar-refractivity contribution in [2.75, 3.05) is 55.7 Å². The lowest BCUT2D eigenvalue weighted by atomic mass is 10.1. The Morgan fingerprint density at radius 2 is 1.74 bits per heavy atom. The van der Waals surface area contributed by atoms with Gasteiger partial charge >= 0.3 is 0 Å². The molecule has 0 unspecified atom stereocenters. The Balaban J connectivity index is 1.33. The minimum atomic E-state index is 0.0549. The number of rotatable bonds is 12. The van der Waals surface area contributed by atoms with Gasteiger partial charge in [0.25, 0.3) is 5.91 Å². The summed E-state index contributed by atoms with van der Waals surface area (Å²) >= 11 is 7.78. The van der Waals surface area contributed by atoms with E-state index >= 15 is 0 Å². The molecule has 0 atom stereocenters. The van der Waals surface area contributed by atoms with Gasteiger partial charge in [-0.1, -0.05) is 59.8 Å². The van der Waals surface area contributed by atoms with E-state index in [0.717, 1.165) is 35.9 Å². The van der Waals surface area contributed by atoms with Crippen LogP contribution in [0.25, 0.3) is 0 Å². The zero-order chi connectivity index (χ0) is 27.6. The summed E-state index contributed by atoms with van der Waals surface area (Å²) in [5.74, 6) is 2.34. The molecule has 204 valence electrons. The molecule has 1 saturated heterocycles. The largest absolute Gasteiger partial charge is 0.492 e. The second-order valence-electron chi connectivity index (χ2n) is 8.98. The quantitative estimate of drug-likeness (QED) is 0.117. The molecule has 0 radical (unpaired) electrons. The maximum atomic E-state index is 13.2. The van der Waals surface area contributed by atoms with Crippen LogP contribution in [-0.4, -0.2) is 66.7 Å². The highest BCUT2D eigenvalue weighted by molar-refractivity contribution is 7.98. The van der Waals surface area contributed by atoms with Gasteiger partial charge in [-0.2, -0.15) is 0 Å². The zero-order valence-electron chi connectivity index (χ0n) is 22.3. The summed E-state index contributed by atoms with van der Waals surface area (Å²) in [6, 6.07) is 17.6. The Kier molecular flexibility index (Phi) is 10.3. The summed E-state index contributed by atoms with van der Waals surface area (Å²) in [4.78, 5) is 28.4. The van der Waals surface area contributed by atoms with Crippen molar-refractivity contribution in [3.63, 3.8) is 0 Å². The molecule has 1 aliphatic heterocycles. The number of nitrogens with zero attached hydrogens (tertiary/aromatic N) is 5. The van der Waals surface area contributed by atoms with E-state index in [-0.39, 0.29) is 5.91 Å². The van der Waals surface area contributed by atoms with Crippen LogP contribution in [0, 0.1) is 0 Å². The Morgan fingerprint density at radius 3 is 2.41 bits per heavy atom. The minimum absolute atomic E-state index is 0.0549. The van der Waals surface area contributed by atoms with Crippen LogP contribution in [0.1, 0.15) is 22.8 Å². The van der Waals surface area contributed by atoms with Crippen molar-refractivity contribution in [2.24, 2.45) is 0 Å².